The predicted octanol–water partition coefficient (Wildman–Crippen LogP) is 7.51. The summed E-state index contributed by atoms with van der Waals surface area (Å²) in [6, 6.07) is 10.4. The number of hydrogen-bond donors (Lipinski definition) is 2. The van der Waals surface area contributed by atoms with Crippen LogP contribution in [0, 0.1) is 11.6 Å². The van der Waals surface area contributed by atoms with E-state index in [1.807, 2.05) is 0 Å². The summed E-state index contributed by atoms with van der Waals surface area (Å²) in [4.78, 5) is 25.9. The molecule has 0 aliphatic heterocycles. The van der Waals surface area contributed by atoms with Crippen LogP contribution in [0.5, 0.6) is 0 Å². The van der Waals surface area contributed by atoms with Crippen molar-refractivity contribution >= 4 is 81.6 Å². The minimum atomic E-state index is -1.71. The molecule has 0 aromatic heterocycles. The zero-order valence-electron chi connectivity index (χ0n) is 18.0. The minimum Gasteiger partial charge on any atom is -0.369 e. The zero-order valence-corrected chi connectivity index (χ0v) is 21.8. The lowest BCUT2D eigenvalue weighted by atomic mass is 9.88. The fraction of sp³-hybridized carbons (Fsp3) is 0.120. The molecule has 0 radical (unpaired) electrons. The normalized spacial score (nSPS) is 20.0. The standard InChI is InChI=1S/C25H15Cl5F2N2O2/c1-2-11-7-20(19(32)10-18(11)31)34-22(35)16-8-13(3-4-17(16)28)24(23(33)36)21(25(24,29)30)12-5-14(26)9-15(27)6-12/h2-10,21H,1H2,(H2,33,36)(H,34,35). The molecule has 11 heteroatoms. The van der Waals surface area contributed by atoms with Gasteiger partial charge in [0.2, 0.25) is 5.91 Å². The number of carbonyl (C=O) groups excluding carboxylic acids is 2. The van der Waals surface area contributed by atoms with Crippen molar-refractivity contribution in [2.75, 3.05) is 5.32 Å². The van der Waals surface area contributed by atoms with Crippen LogP contribution in [0.15, 0.2) is 55.1 Å². The first-order valence-electron chi connectivity index (χ1n) is 10.2. The molecule has 36 heavy (non-hydrogen) atoms. The van der Waals surface area contributed by atoms with Gasteiger partial charge in [0, 0.05) is 27.6 Å². The SMILES string of the molecule is C=Cc1cc(NC(=O)c2cc(C3(C(N)=O)C(c4cc(Cl)cc(Cl)c4)C3(Cl)Cl)ccc2Cl)c(F)cc1F. The fourth-order valence-corrected chi connectivity index (χ4v) is 6.20. The van der Waals surface area contributed by atoms with Gasteiger partial charge in [0.15, 0.2) is 0 Å². The molecule has 1 saturated carbocycles. The molecule has 3 aromatic rings. The van der Waals surface area contributed by atoms with Gasteiger partial charge in [-0.2, -0.15) is 0 Å². The van der Waals surface area contributed by atoms with Gasteiger partial charge in [0.25, 0.3) is 5.91 Å². The Bertz CT molecular complexity index is 1430. The van der Waals surface area contributed by atoms with Gasteiger partial charge in [-0.05, 0) is 47.5 Å². The van der Waals surface area contributed by atoms with Gasteiger partial charge in [0.05, 0.1) is 16.3 Å². The van der Waals surface area contributed by atoms with E-state index in [0.29, 0.717) is 21.7 Å². The summed E-state index contributed by atoms with van der Waals surface area (Å²) in [6.07, 6.45) is 1.17. The van der Waals surface area contributed by atoms with Crippen LogP contribution in [-0.2, 0) is 10.2 Å². The van der Waals surface area contributed by atoms with E-state index in [4.69, 9.17) is 63.7 Å². The molecule has 1 fully saturated rings. The van der Waals surface area contributed by atoms with Crippen molar-refractivity contribution in [1.82, 2.24) is 0 Å². The van der Waals surface area contributed by atoms with Gasteiger partial charge in [-0.3, -0.25) is 9.59 Å². The minimum absolute atomic E-state index is 0.0138. The number of rotatable bonds is 6. The molecule has 186 valence electrons. The summed E-state index contributed by atoms with van der Waals surface area (Å²) >= 11 is 31.7. The van der Waals surface area contributed by atoms with Crippen LogP contribution in [0.4, 0.5) is 14.5 Å². The Morgan fingerprint density at radius 3 is 2.19 bits per heavy atom. The molecule has 2 unspecified atom stereocenters. The molecule has 3 N–H and O–H groups in total. The molecule has 0 spiro atoms. The molecule has 4 rings (SSSR count). The summed E-state index contributed by atoms with van der Waals surface area (Å²) in [7, 11) is 0. The van der Waals surface area contributed by atoms with Crippen molar-refractivity contribution in [3.8, 4) is 0 Å². The van der Waals surface area contributed by atoms with Crippen LogP contribution in [0.1, 0.15) is 33.0 Å². The van der Waals surface area contributed by atoms with E-state index in [9.17, 15) is 18.4 Å². The van der Waals surface area contributed by atoms with E-state index in [1.54, 1.807) is 12.1 Å². The first kappa shape index (κ1) is 26.7. The Morgan fingerprint density at radius 2 is 1.61 bits per heavy atom. The summed E-state index contributed by atoms with van der Waals surface area (Å²) in [5.74, 6) is -4.40. The van der Waals surface area contributed by atoms with E-state index in [-0.39, 0.29) is 27.4 Å². The monoisotopic (exact) mass is 588 g/mol. The third kappa shape index (κ3) is 4.25. The maximum absolute atomic E-state index is 14.3. The van der Waals surface area contributed by atoms with Crippen molar-refractivity contribution in [2.24, 2.45) is 5.73 Å². The second-order valence-corrected chi connectivity index (χ2v) is 10.8. The highest BCUT2D eigenvalue weighted by atomic mass is 35.5. The van der Waals surface area contributed by atoms with E-state index in [1.165, 1.54) is 30.3 Å². The van der Waals surface area contributed by atoms with Gasteiger partial charge >= 0.3 is 0 Å². The molecular formula is C25H15Cl5F2N2O2. The van der Waals surface area contributed by atoms with Crippen LogP contribution in [-0.4, -0.2) is 16.1 Å². The highest BCUT2D eigenvalue weighted by Crippen LogP contribution is 2.74. The number of nitrogens with one attached hydrogen (secondary N) is 1. The average molecular weight is 591 g/mol. The predicted molar refractivity (Wildman–Crippen MR) is 140 cm³/mol. The number of halogens is 7. The number of anilines is 1. The van der Waals surface area contributed by atoms with E-state index in [0.717, 1.165) is 6.07 Å². The lowest BCUT2D eigenvalue weighted by molar-refractivity contribution is -0.120. The summed E-state index contributed by atoms with van der Waals surface area (Å²) < 4.78 is 26.4. The van der Waals surface area contributed by atoms with Crippen LogP contribution in [0.25, 0.3) is 6.08 Å². The van der Waals surface area contributed by atoms with Gasteiger partial charge in [0.1, 0.15) is 21.4 Å². The Balaban J connectivity index is 1.78. The van der Waals surface area contributed by atoms with E-state index < -0.39 is 39.1 Å². The molecule has 1 aliphatic carbocycles. The molecule has 2 amide bonds. The van der Waals surface area contributed by atoms with Crippen molar-refractivity contribution < 1.29 is 18.4 Å². The number of primary amides is 1. The quantitative estimate of drug-likeness (QED) is 0.292. The van der Waals surface area contributed by atoms with E-state index in [2.05, 4.69) is 11.9 Å². The van der Waals surface area contributed by atoms with Gasteiger partial charge in [-0.25, -0.2) is 8.78 Å². The third-order valence-electron chi connectivity index (χ3n) is 6.07. The highest BCUT2D eigenvalue weighted by molar-refractivity contribution is 6.55. The van der Waals surface area contributed by atoms with Crippen molar-refractivity contribution in [1.29, 1.82) is 0 Å². The molecule has 0 heterocycles. The fourth-order valence-electron chi connectivity index (χ4n) is 4.37. The Labute approximate surface area is 229 Å². The number of nitrogens with two attached hydrogens (primary N) is 1. The second-order valence-electron chi connectivity index (χ2n) is 8.14. The lowest BCUT2D eigenvalue weighted by Crippen LogP contribution is -2.34. The smallest absolute Gasteiger partial charge is 0.257 e. The molecule has 4 nitrogen and oxygen atoms in total. The average Bonchev–Trinajstić information content (AvgIpc) is 3.32. The largest absolute Gasteiger partial charge is 0.369 e. The molecule has 1 aliphatic rings. The zero-order chi connectivity index (χ0) is 26.6. The van der Waals surface area contributed by atoms with Crippen LogP contribution < -0.4 is 11.1 Å². The number of carbonyl (C=O) groups is 2. The summed E-state index contributed by atoms with van der Waals surface area (Å²) in [5.41, 5.74) is 4.34. The molecule has 0 saturated heterocycles. The van der Waals surface area contributed by atoms with Crippen molar-refractivity contribution in [3.63, 3.8) is 0 Å². The first-order valence-corrected chi connectivity index (χ1v) is 12.1. The maximum atomic E-state index is 14.3. The molecule has 2 atom stereocenters. The van der Waals surface area contributed by atoms with Crippen molar-refractivity contribution in [2.45, 2.75) is 15.7 Å². The van der Waals surface area contributed by atoms with E-state index >= 15 is 0 Å². The Kier molecular flexibility index (Phi) is 7.05. The number of benzene rings is 3. The van der Waals surface area contributed by atoms with Gasteiger partial charge in [-0.15, -0.1) is 0 Å². The second kappa shape index (κ2) is 9.51. The number of alkyl halides is 2. The number of hydrogen-bond acceptors (Lipinski definition) is 2. The number of amides is 2. The molecule has 3 aromatic carbocycles. The summed E-state index contributed by atoms with van der Waals surface area (Å²) in [5, 5.41) is 2.92. The summed E-state index contributed by atoms with van der Waals surface area (Å²) in [6.45, 7) is 3.45. The maximum Gasteiger partial charge on any atom is 0.257 e. The van der Waals surface area contributed by atoms with Gasteiger partial charge < -0.3 is 11.1 Å². The van der Waals surface area contributed by atoms with Gasteiger partial charge in [-0.1, -0.05) is 76.7 Å². The Morgan fingerprint density at radius 1 is 0.972 bits per heavy atom. The van der Waals surface area contributed by atoms with Crippen molar-refractivity contribution in [3.05, 3.63) is 104 Å². The van der Waals surface area contributed by atoms with Crippen LogP contribution in [0.3, 0.4) is 0 Å². The topological polar surface area (TPSA) is 72.2 Å². The lowest BCUT2D eigenvalue weighted by Gasteiger charge is -2.17. The van der Waals surface area contributed by atoms with Crippen LogP contribution >= 0.6 is 58.0 Å². The first-order chi connectivity index (χ1) is 16.8. The Hall–Kier alpha value is -2.35. The molecule has 0 bridgehead atoms. The van der Waals surface area contributed by atoms with Crippen LogP contribution in [0.2, 0.25) is 15.1 Å². The third-order valence-corrected chi connectivity index (χ3v) is 7.86. The highest BCUT2D eigenvalue weighted by Gasteiger charge is 2.80. The molecular weight excluding hydrogens is 576 g/mol.